The zero-order valence-corrected chi connectivity index (χ0v) is 20.3. The van der Waals surface area contributed by atoms with Crippen molar-refractivity contribution in [1.29, 1.82) is 0 Å². The second-order valence-corrected chi connectivity index (χ2v) is 10.1. The molecule has 4 rings (SSSR count). The number of fused-ring (bicyclic) bond motifs is 1. The number of amidine groups is 1. The van der Waals surface area contributed by atoms with E-state index in [4.69, 9.17) is 5.73 Å². The summed E-state index contributed by atoms with van der Waals surface area (Å²) in [5.41, 5.74) is 4.47. The van der Waals surface area contributed by atoms with Crippen molar-refractivity contribution in [2.75, 3.05) is 18.5 Å². The molecule has 2 aromatic rings. The van der Waals surface area contributed by atoms with E-state index in [2.05, 4.69) is 30.3 Å². The summed E-state index contributed by atoms with van der Waals surface area (Å²) in [5, 5.41) is 4.65. The monoisotopic (exact) mass is 562 g/mol. The van der Waals surface area contributed by atoms with Crippen LogP contribution in [-0.4, -0.2) is 57.5 Å². The molecule has 1 fully saturated rings. The van der Waals surface area contributed by atoms with E-state index in [-0.39, 0.29) is 28.5 Å². The Morgan fingerprint density at radius 3 is 2.63 bits per heavy atom. The molecule has 16 heteroatoms. The maximum atomic E-state index is 15.0. The van der Waals surface area contributed by atoms with Crippen LogP contribution >= 0.6 is 11.8 Å². The predicted molar refractivity (Wildman–Crippen MR) is 124 cm³/mol. The molecule has 1 saturated carbocycles. The van der Waals surface area contributed by atoms with Gasteiger partial charge in [-0.2, -0.15) is 13.2 Å². The quantitative estimate of drug-likeness (QED) is 0.421. The van der Waals surface area contributed by atoms with Crippen LogP contribution in [0.4, 0.5) is 32.0 Å². The number of anilines is 1. The first-order valence-electron chi connectivity index (χ1n) is 11.0. The second-order valence-electron chi connectivity index (χ2n) is 8.74. The minimum absolute atomic E-state index is 0.00840. The number of benzene rings is 1. The lowest BCUT2D eigenvalue weighted by molar-refractivity contribution is -0.154. The maximum absolute atomic E-state index is 15.0. The molecule has 1 aromatic carbocycles. The van der Waals surface area contributed by atoms with Gasteiger partial charge in [-0.1, -0.05) is 11.8 Å². The van der Waals surface area contributed by atoms with Crippen molar-refractivity contribution in [2.24, 2.45) is 16.6 Å². The van der Waals surface area contributed by atoms with Gasteiger partial charge in [0.05, 0.1) is 24.5 Å². The number of alkyl halides is 5. The number of nitrogens with zero attached hydrogens (tertiary/aromatic N) is 3. The summed E-state index contributed by atoms with van der Waals surface area (Å²) in [6.45, 7) is -0.858. The van der Waals surface area contributed by atoms with Crippen molar-refractivity contribution >= 4 is 34.4 Å². The van der Waals surface area contributed by atoms with E-state index >= 15 is 4.39 Å². The number of aromatic nitrogens is 2. The van der Waals surface area contributed by atoms with Crippen molar-refractivity contribution in [2.45, 2.75) is 36.2 Å². The number of hydrogen-bond acceptors (Lipinski definition) is 8. The molecule has 204 valence electrons. The summed E-state index contributed by atoms with van der Waals surface area (Å²) >= 11 is 0.934. The van der Waals surface area contributed by atoms with Gasteiger partial charge in [-0.05, 0) is 31.5 Å². The maximum Gasteiger partial charge on any atom is 0.422 e. The lowest BCUT2D eigenvalue weighted by Crippen LogP contribution is -2.45. The first-order valence-corrected chi connectivity index (χ1v) is 11.8. The third-order valence-corrected chi connectivity index (χ3v) is 7.33. The van der Waals surface area contributed by atoms with Crippen molar-refractivity contribution < 1.29 is 40.7 Å². The predicted octanol–water partition coefficient (Wildman–Crippen LogP) is 3.23. The van der Waals surface area contributed by atoms with Crippen LogP contribution < -0.4 is 21.1 Å². The first kappa shape index (κ1) is 27.5. The van der Waals surface area contributed by atoms with E-state index in [0.29, 0.717) is 0 Å². The Bertz CT molecular complexity index is 1280. The zero-order chi connectivity index (χ0) is 27.9. The summed E-state index contributed by atoms with van der Waals surface area (Å²) < 4.78 is 80.3. The highest BCUT2D eigenvalue weighted by Crippen LogP contribution is 2.66. The van der Waals surface area contributed by atoms with Gasteiger partial charge in [-0.3, -0.25) is 14.6 Å². The average molecular weight is 562 g/mol. The molecule has 0 unspecified atom stereocenters. The molecule has 2 aliphatic rings. The van der Waals surface area contributed by atoms with Crippen LogP contribution in [0.25, 0.3) is 0 Å². The number of carbonyl (C=O) groups is 2. The minimum Gasteiger partial charge on any atom is -0.467 e. The molecule has 3 atom stereocenters. The third kappa shape index (κ3) is 5.63. The van der Waals surface area contributed by atoms with E-state index in [9.17, 15) is 31.5 Å². The Balaban J connectivity index is 1.52. The van der Waals surface area contributed by atoms with Crippen LogP contribution in [0.5, 0.6) is 5.88 Å². The van der Waals surface area contributed by atoms with E-state index in [1.807, 2.05) is 0 Å². The summed E-state index contributed by atoms with van der Waals surface area (Å²) in [7, 11) is 0. The molecule has 2 heterocycles. The largest absolute Gasteiger partial charge is 0.467 e. The van der Waals surface area contributed by atoms with Crippen molar-refractivity contribution in [1.82, 2.24) is 15.3 Å². The highest BCUT2D eigenvalue weighted by molar-refractivity contribution is 8.15. The van der Waals surface area contributed by atoms with E-state index in [1.165, 1.54) is 12.1 Å². The van der Waals surface area contributed by atoms with Crippen molar-refractivity contribution in [3.8, 4) is 5.88 Å². The smallest absolute Gasteiger partial charge is 0.422 e. The fourth-order valence-electron chi connectivity index (χ4n) is 4.24. The topological polar surface area (TPSA) is 132 Å². The number of ether oxygens (including phenoxy) is 1. The van der Waals surface area contributed by atoms with E-state index in [1.54, 1.807) is 6.92 Å². The molecule has 38 heavy (non-hydrogen) atoms. The fourth-order valence-corrected chi connectivity index (χ4v) is 5.64. The minimum atomic E-state index is -4.57. The van der Waals surface area contributed by atoms with Gasteiger partial charge >= 0.3 is 6.18 Å². The number of nitrogens with two attached hydrogens (primary N) is 1. The first-order chi connectivity index (χ1) is 17.7. The number of carbonyl (C=O) groups excluding carboxylic acids is 2. The highest BCUT2D eigenvalue weighted by atomic mass is 32.2. The van der Waals surface area contributed by atoms with E-state index < -0.39 is 65.5 Å². The molecule has 1 aliphatic carbocycles. The van der Waals surface area contributed by atoms with Gasteiger partial charge in [0.15, 0.2) is 11.8 Å². The number of hydrogen-bond donors (Lipinski definition) is 3. The van der Waals surface area contributed by atoms with Crippen LogP contribution in [0.3, 0.4) is 0 Å². The third-order valence-electron chi connectivity index (χ3n) is 6.03. The van der Waals surface area contributed by atoms with Gasteiger partial charge < -0.3 is 21.1 Å². The van der Waals surface area contributed by atoms with Gasteiger partial charge in [-0.25, -0.2) is 23.1 Å². The van der Waals surface area contributed by atoms with Gasteiger partial charge in [0.25, 0.3) is 12.3 Å². The van der Waals surface area contributed by atoms with Gasteiger partial charge in [0, 0.05) is 17.2 Å². The summed E-state index contributed by atoms with van der Waals surface area (Å²) in [6, 6.07) is 3.63. The summed E-state index contributed by atoms with van der Waals surface area (Å²) in [4.78, 5) is 37.0. The highest BCUT2D eigenvalue weighted by Gasteiger charge is 2.70. The fraction of sp³-hybridized carbons (Fsp3) is 0.409. The number of rotatable bonds is 8. The average Bonchev–Trinajstić information content (AvgIpc) is 3.59. The molecule has 9 nitrogen and oxygen atoms in total. The van der Waals surface area contributed by atoms with Crippen molar-refractivity contribution in [3.05, 3.63) is 47.7 Å². The van der Waals surface area contributed by atoms with Crippen LogP contribution in [-0.2, 0) is 10.3 Å². The number of halogens is 6. The molecular weight excluding hydrogens is 542 g/mol. The number of aliphatic imine (C=N–C) groups is 1. The number of amides is 2. The summed E-state index contributed by atoms with van der Waals surface area (Å²) in [6.07, 6.45) is -5.35. The van der Waals surface area contributed by atoms with Gasteiger partial charge in [0.2, 0.25) is 11.8 Å². The molecular formula is C22H20F6N6O3S. The van der Waals surface area contributed by atoms with Gasteiger partial charge in [-0.15, -0.1) is 0 Å². The molecule has 4 N–H and O–H groups in total. The van der Waals surface area contributed by atoms with Crippen LogP contribution in [0.15, 0.2) is 35.6 Å². The molecule has 0 spiro atoms. The molecule has 1 aromatic heterocycles. The standard InChI is InChI=1S/C22H20F6N6O3S/c1-20(14-5-21(14,38-19(29)34-20)18(36)32-7-15(24)25)11-4-10(2-3-12(11)23)33-17(35)13-6-31-16(8-30-13)37-9-22(26,27)28/h2-4,6,8,14-15H,5,7,9H2,1H3,(H2,29,34)(H,32,36)(H,33,35)/t14-,20+,21-/m0/s1. The summed E-state index contributed by atoms with van der Waals surface area (Å²) in [5.74, 6) is -3.15. The zero-order valence-electron chi connectivity index (χ0n) is 19.5. The Morgan fingerprint density at radius 2 is 2.00 bits per heavy atom. The normalized spacial score (nSPS) is 24.3. The van der Waals surface area contributed by atoms with Crippen LogP contribution in [0.2, 0.25) is 0 Å². The second kappa shape index (κ2) is 9.96. The van der Waals surface area contributed by atoms with Crippen LogP contribution in [0, 0.1) is 11.7 Å². The van der Waals surface area contributed by atoms with Gasteiger partial charge in [0.1, 0.15) is 16.3 Å². The SMILES string of the molecule is C[C@]1(c2cc(NC(=O)c3cnc(OCC(F)(F)F)cn3)ccc2F)N=C(N)S[C@@]2(C(=O)NCC(F)F)C[C@H]21. The Morgan fingerprint density at radius 1 is 1.26 bits per heavy atom. The molecule has 2 amide bonds. The van der Waals surface area contributed by atoms with Crippen molar-refractivity contribution in [3.63, 3.8) is 0 Å². The molecule has 0 radical (unpaired) electrons. The Labute approximate surface area is 215 Å². The number of nitrogens with one attached hydrogen (secondary N) is 2. The molecule has 0 bridgehead atoms. The van der Waals surface area contributed by atoms with E-state index in [0.717, 1.165) is 30.2 Å². The Kier molecular flexibility index (Phi) is 7.20. The number of thioether (sulfide) groups is 1. The molecule has 1 aliphatic heterocycles. The lowest BCUT2D eigenvalue weighted by Gasteiger charge is -2.34. The Hall–Kier alpha value is -3.56. The van der Waals surface area contributed by atoms with Crippen LogP contribution in [0.1, 0.15) is 29.4 Å². The molecule has 0 saturated heterocycles. The lowest BCUT2D eigenvalue weighted by atomic mass is 9.85.